The summed E-state index contributed by atoms with van der Waals surface area (Å²) in [6.45, 7) is 4.18. The third-order valence-electron chi connectivity index (χ3n) is 4.76. The van der Waals surface area contributed by atoms with E-state index in [9.17, 15) is 0 Å². The van der Waals surface area contributed by atoms with Crippen LogP contribution in [-0.4, -0.2) is 25.0 Å². The Kier molecular flexibility index (Phi) is 3.15. The number of hydrogen-bond donors (Lipinski definition) is 1. The van der Waals surface area contributed by atoms with Gasteiger partial charge in [0.25, 0.3) is 0 Å². The topological polar surface area (TPSA) is 59.4 Å². The Hall–Kier alpha value is -3.47. The molecule has 3 heterocycles. The van der Waals surface area contributed by atoms with Crippen molar-refractivity contribution in [3.8, 4) is 16.8 Å². The molecule has 2 aromatic carbocycles. The fraction of sp³-hybridized carbons (Fsp3) is 0.0952. The van der Waals surface area contributed by atoms with E-state index in [4.69, 9.17) is 4.98 Å². The van der Waals surface area contributed by atoms with Crippen LogP contribution in [0, 0.1) is 13.8 Å². The second-order valence-corrected chi connectivity index (χ2v) is 6.54. The molecular weight excluding hydrogens is 322 g/mol. The van der Waals surface area contributed by atoms with Gasteiger partial charge in [0.15, 0.2) is 11.3 Å². The Morgan fingerprint density at radius 1 is 0.923 bits per heavy atom. The van der Waals surface area contributed by atoms with Crippen LogP contribution >= 0.6 is 0 Å². The van der Waals surface area contributed by atoms with Crippen molar-refractivity contribution in [1.29, 1.82) is 0 Å². The molecule has 0 fully saturated rings. The fourth-order valence-electron chi connectivity index (χ4n) is 3.49. The van der Waals surface area contributed by atoms with Gasteiger partial charge in [0, 0.05) is 22.0 Å². The number of aryl methyl sites for hydroxylation is 2. The van der Waals surface area contributed by atoms with E-state index in [0.717, 1.165) is 38.9 Å². The van der Waals surface area contributed by atoms with Crippen molar-refractivity contribution >= 4 is 22.1 Å². The molecule has 3 aromatic heterocycles. The summed E-state index contributed by atoms with van der Waals surface area (Å²) < 4.78 is 2.01. The number of fused-ring (bicyclic) bond motifs is 2. The molecule has 0 saturated heterocycles. The van der Waals surface area contributed by atoms with Crippen molar-refractivity contribution in [3.05, 3.63) is 72.1 Å². The normalized spacial score (nSPS) is 11.5. The highest BCUT2D eigenvalue weighted by atomic mass is 15.3. The van der Waals surface area contributed by atoms with Crippen LogP contribution in [0.2, 0.25) is 0 Å². The predicted molar refractivity (Wildman–Crippen MR) is 103 cm³/mol. The minimum absolute atomic E-state index is 0.664. The van der Waals surface area contributed by atoms with Gasteiger partial charge in [-0.2, -0.15) is 5.10 Å². The zero-order chi connectivity index (χ0) is 17.7. The van der Waals surface area contributed by atoms with Crippen LogP contribution in [0.3, 0.4) is 0 Å². The standard InChI is InChI=1S/C21H17N5/c1-13-8-10-15(11-9-13)19-17-12-22-24-20(17)23-21-18(19)14(2)25-26(21)16-6-4-3-5-7-16/h3-12,25H,1-2H3. The van der Waals surface area contributed by atoms with Crippen molar-refractivity contribution in [3.63, 3.8) is 0 Å². The quantitative estimate of drug-likeness (QED) is 0.512. The predicted octanol–water partition coefficient (Wildman–Crippen LogP) is 4.58. The van der Waals surface area contributed by atoms with E-state index >= 15 is 0 Å². The first-order valence-corrected chi connectivity index (χ1v) is 8.57. The second kappa shape index (κ2) is 5.52. The van der Waals surface area contributed by atoms with Crippen molar-refractivity contribution < 1.29 is 0 Å². The molecule has 0 aliphatic carbocycles. The zero-order valence-electron chi connectivity index (χ0n) is 14.6. The van der Waals surface area contributed by atoms with Gasteiger partial charge < -0.3 is 0 Å². The Labute approximate surface area is 150 Å². The average Bonchev–Trinajstić information content (AvgIpc) is 3.26. The van der Waals surface area contributed by atoms with Crippen LogP contribution in [0.4, 0.5) is 0 Å². The minimum Gasteiger partial charge on any atom is -0.296 e. The largest absolute Gasteiger partial charge is 0.296 e. The minimum atomic E-state index is 0.664. The van der Waals surface area contributed by atoms with Gasteiger partial charge in [0.1, 0.15) is 0 Å². The van der Waals surface area contributed by atoms with Gasteiger partial charge in [-0.25, -0.2) is 9.67 Å². The summed E-state index contributed by atoms with van der Waals surface area (Å²) in [6.07, 6.45) is 1.80. The molecule has 0 aliphatic heterocycles. The smallest absolute Gasteiger partial charge is 0.186 e. The number of aromatic nitrogens is 5. The van der Waals surface area contributed by atoms with Crippen LogP contribution in [0.5, 0.6) is 0 Å². The number of rotatable bonds is 2. The number of hydrogen-bond acceptors (Lipinski definition) is 3. The lowest BCUT2D eigenvalue weighted by Gasteiger charge is -2.08. The van der Waals surface area contributed by atoms with Gasteiger partial charge in [-0.3, -0.25) is 5.10 Å². The first-order valence-electron chi connectivity index (χ1n) is 8.57. The van der Waals surface area contributed by atoms with E-state index in [1.54, 1.807) is 6.20 Å². The van der Waals surface area contributed by atoms with E-state index in [1.807, 2.05) is 22.9 Å². The van der Waals surface area contributed by atoms with Gasteiger partial charge >= 0.3 is 0 Å². The number of benzene rings is 2. The van der Waals surface area contributed by atoms with E-state index in [-0.39, 0.29) is 0 Å². The summed E-state index contributed by atoms with van der Waals surface area (Å²) in [4.78, 5) is 4.80. The van der Waals surface area contributed by atoms with Gasteiger partial charge in [-0.15, -0.1) is 5.10 Å². The lowest BCUT2D eigenvalue weighted by atomic mass is 9.98. The molecule has 0 amide bonds. The van der Waals surface area contributed by atoms with E-state index in [0.29, 0.717) is 5.65 Å². The molecule has 0 aliphatic rings. The van der Waals surface area contributed by atoms with Crippen molar-refractivity contribution in [2.24, 2.45) is 0 Å². The van der Waals surface area contributed by atoms with Gasteiger partial charge in [0.05, 0.1) is 11.9 Å². The molecule has 0 spiro atoms. The van der Waals surface area contributed by atoms with Crippen molar-refractivity contribution in [2.45, 2.75) is 13.8 Å². The third kappa shape index (κ3) is 2.14. The van der Waals surface area contributed by atoms with E-state index < -0.39 is 0 Å². The number of aromatic amines is 1. The number of para-hydroxylation sites is 1. The molecule has 0 saturated carbocycles. The second-order valence-electron chi connectivity index (χ2n) is 6.54. The first-order chi connectivity index (χ1) is 12.7. The lowest BCUT2D eigenvalue weighted by molar-refractivity contribution is 0.878. The SMILES string of the molecule is Cc1ccc(-c2c3cnnc3nc3c2c(C)[nH]n3-c2ccccc2)cc1. The Morgan fingerprint density at radius 3 is 2.46 bits per heavy atom. The highest BCUT2D eigenvalue weighted by Gasteiger charge is 2.19. The molecule has 126 valence electrons. The fourth-order valence-corrected chi connectivity index (χ4v) is 3.49. The Morgan fingerprint density at radius 2 is 1.69 bits per heavy atom. The van der Waals surface area contributed by atoms with Gasteiger partial charge in [0.2, 0.25) is 0 Å². The molecule has 5 rings (SSSR count). The summed E-state index contributed by atoms with van der Waals surface area (Å²) in [5, 5.41) is 13.9. The number of pyridine rings is 1. The first kappa shape index (κ1) is 14.8. The van der Waals surface area contributed by atoms with Crippen LogP contribution in [-0.2, 0) is 0 Å². The lowest BCUT2D eigenvalue weighted by Crippen LogP contribution is -1.98. The molecule has 0 radical (unpaired) electrons. The van der Waals surface area contributed by atoms with Crippen LogP contribution < -0.4 is 0 Å². The summed E-state index contributed by atoms with van der Waals surface area (Å²) in [5.74, 6) is 0. The number of H-pyrrole nitrogens is 1. The average molecular weight is 339 g/mol. The molecule has 0 unspecified atom stereocenters. The maximum absolute atomic E-state index is 4.80. The molecule has 5 heteroatoms. The van der Waals surface area contributed by atoms with Crippen molar-refractivity contribution in [2.75, 3.05) is 0 Å². The number of nitrogens with one attached hydrogen (secondary N) is 1. The van der Waals surface area contributed by atoms with Gasteiger partial charge in [-0.05, 0) is 31.5 Å². The molecule has 5 nitrogen and oxygen atoms in total. The summed E-state index contributed by atoms with van der Waals surface area (Å²) in [5.41, 5.74) is 7.12. The molecule has 1 N–H and O–H groups in total. The summed E-state index contributed by atoms with van der Waals surface area (Å²) in [6, 6.07) is 18.7. The van der Waals surface area contributed by atoms with Crippen LogP contribution in [0.1, 0.15) is 11.3 Å². The molecular formula is C21H17N5. The zero-order valence-corrected chi connectivity index (χ0v) is 14.6. The maximum Gasteiger partial charge on any atom is 0.186 e. The third-order valence-corrected chi connectivity index (χ3v) is 4.76. The molecule has 26 heavy (non-hydrogen) atoms. The Bertz CT molecular complexity index is 1230. The summed E-state index contributed by atoms with van der Waals surface area (Å²) >= 11 is 0. The highest BCUT2D eigenvalue weighted by molar-refractivity contribution is 6.08. The van der Waals surface area contributed by atoms with Gasteiger partial charge in [-0.1, -0.05) is 48.0 Å². The maximum atomic E-state index is 4.80. The Balaban J connectivity index is 1.92. The van der Waals surface area contributed by atoms with E-state index in [2.05, 4.69) is 65.5 Å². The summed E-state index contributed by atoms with van der Waals surface area (Å²) in [7, 11) is 0. The van der Waals surface area contributed by atoms with E-state index in [1.165, 1.54) is 5.56 Å². The van der Waals surface area contributed by atoms with Crippen LogP contribution in [0.25, 0.3) is 38.9 Å². The van der Waals surface area contributed by atoms with Crippen LogP contribution in [0.15, 0.2) is 60.8 Å². The molecule has 0 bridgehead atoms. The molecule has 0 atom stereocenters. The number of nitrogens with zero attached hydrogens (tertiary/aromatic N) is 4. The highest BCUT2D eigenvalue weighted by Crippen LogP contribution is 2.36. The molecule has 5 aromatic rings. The monoisotopic (exact) mass is 339 g/mol. The van der Waals surface area contributed by atoms with Crippen molar-refractivity contribution in [1.82, 2.24) is 25.0 Å².